The van der Waals surface area contributed by atoms with Crippen LogP contribution in [0.1, 0.15) is 10.4 Å². The number of amides is 1. The third-order valence-corrected chi connectivity index (χ3v) is 5.13. The Morgan fingerprint density at radius 3 is 3.14 bits per heavy atom. The zero-order chi connectivity index (χ0) is 14.7. The van der Waals surface area contributed by atoms with Gasteiger partial charge in [-0.3, -0.25) is 4.79 Å². The van der Waals surface area contributed by atoms with Crippen molar-refractivity contribution in [3.8, 4) is 11.8 Å². The van der Waals surface area contributed by atoms with Crippen LogP contribution in [-0.4, -0.2) is 22.7 Å². The first-order chi connectivity index (χ1) is 10.3. The van der Waals surface area contributed by atoms with Gasteiger partial charge in [-0.05, 0) is 18.1 Å². The van der Waals surface area contributed by atoms with Gasteiger partial charge in [0, 0.05) is 4.90 Å². The molecule has 0 aliphatic carbocycles. The molecule has 0 saturated heterocycles. The van der Waals surface area contributed by atoms with Crippen LogP contribution in [0.2, 0.25) is 0 Å². The lowest BCUT2D eigenvalue weighted by Gasteiger charge is -2.06. The molecule has 1 aliphatic rings. The summed E-state index contributed by atoms with van der Waals surface area (Å²) < 4.78 is 0. The normalized spacial score (nSPS) is 16.0. The van der Waals surface area contributed by atoms with Gasteiger partial charge in [0.05, 0.1) is 22.9 Å². The Kier molecular flexibility index (Phi) is 4.25. The molecule has 6 heteroatoms. The van der Waals surface area contributed by atoms with Crippen LogP contribution in [-0.2, 0) is 11.2 Å². The molecule has 2 aromatic rings. The summed E-state index contributed by atoms with van der Waals surface area (Å²) in [4.78, 5) is 18.4. The highest BCUT2D eigenvalue weighted by Gasteiger charge is 2.28. The smallest absolute Gasteiger partial charge is 0.239 e. The number of rotatable bonds is 2. The van der Waals surface area contributed by atoms with E-state index < -0.39 is 0 Å². The van der Waals surface area contributed by atoms with E-state index in [1.54, 1.807) is 18.0 Å². The average molecular weight is 315 g/mol. The first kappa shape index (κ1) is 14.1. The summed E-state index contributed by atoms with van der Waals surface area (Å²) in [5.74, 6) is 5.67. The van der Waals surface area contributed by atoms with E-state index in [0.29, 0.717) is 11.7 Å². The minimum absolute atomic E-state index is 0.0103. The summed E-state index contributed by atoms with van der Waals surface area (Å²) in [6.45, 7) is 0.316. The number of hydrogen-bond acceptors (Lipinski definition) is 5. The number of thiazole rings is 1. The number of nitrogens with zero attached hydrogens (tertiary/aromatic N) is 1. The summed E-state index contributed by atoms with van der Waals surface area (Å²) in [5, 5.41) is 3.35. The first-order valence-corrected chi connectivity index (χ1v) is 8.16. The molecular formula is C15H13N3OS2. The van der Waals surface area contributed by atoms with E-state index in [4.69, 9.17) is 5.73 Å². The minimum Gasteiger partial charge on any atom is -0.320 e. The Morgan fingerprint density at radius 2 is 2.33 bits per heavy atom. The predicted molar refractivity (Wildman–Crippen MR) is 86.5 cm³/mol. The molecule has 0 saturated carbocycles. The van der Waals surface area contributed by atoms with Crippen molar-refractivity contribution < 1.29 is 4.79 Å². The van der Waals surface area contributed by atoms with Gasteiger partial charge >= 0.3 is 0 Å². The van der Waals surface area contributed by atoms with Crippen molar-refractivity contribution in [1.29, 1.82) is 0 Å². The van der Waals surface area contributed by atoms with Gasteiger partial charge in [0.2, 0.25) is 5.91 Å². The summed E-state index contributed by atoms with van der Waals surface area (Å²) in [6, 6.07) is 8.12. The van der Waals surface area contributed by atoms with Crippen molar-refractivity contribution in [2.24, 2.45) is 5.73 Å². The van der Waals surface area contributed by atoms with Crippen LogP contribution in [0, 0.1) is 11.8 Å². The van der Waals surface area contributed by atoms with Crippen LogP contribution >= 0.6 is 23.1 Å². The molecule has 0 radical (unpaired) electrons. The molecule has 2 heterocycles. The largest absolute Gasteiger partial charge is 0.320 e. The maximum Gasteiger partial charge on any atom is 0.239 e. The highest BCUT2D eigenvalue weighted by Crippen LogP contribution is 2.37. The van der Waals surface area contributed by atoms with Crippen LogP contribution in [0.5, 0.6) is 0 Å². The quantitative estimate of drug-likeness (QED) is 0.833. The lowest BCUT2D eigenvalue weighted by Crippen LogP contribution is -2.24. The van der Waals surface area contributed by atoms with Crippen molar-refractivity contribution in [1.82, 2.24) is 4.98 Å². The van der Waals surface area contributed by atoms with E-state index in [0.717, 1.165) is 11.3 Å². The molecule has 4 nitrogen and oxygen atoms in total. The number of fused-ring (bicyclic) bond motifs is 1. The Labute approximate surface area is 131 Å². The number of nitrogens with one attached hydrogen (secondary N) is 1. The molecule has 106 valence electrons. The number of thioether (sulfide) groups is 1. The van der Waals surface area contributed by atoms with Gasteiger partial charge in [0.1, 0.15) is 0 Å². The molecule has 1 aromatic heterocycles. The number of hydrogen-bond donors (Lipinski definition) is 2. The number of carbonyl (C=O) groups is 1. The Bertz CT molecular complexity index is 705. The molecule has 1 unspecified atom stereocenters. The predicted octanol–water partition coefficient (Wildman–Crippen LogP) is 2.11. The summed E-state index contributed by atoms with van der Waals surface area (Å²) in [5.41, 5.74) is 6.56. The van der Waals surface area contributed by atoms with Crippen LogP contribution in [0.4, 0.5) is 5.13 Å². The molecule has 0 bridgehead atoms. The maximum absolute atomic E-state index is 12.3. The average Bonchev–Trinajstić information content (AvgIpc) is 3.11. The van der Waals surface area contributed by atoms with Gasteiger partial charge in [-0.1, -0.05) is 41.4 Å². The van der Waals surface area contributed by atoms with Crippen LogP contribution < -0.4 is 11.1 Å². The van der Waals surface area contributed by atoms with Crippen molar-refractivity contribution >= 4 is 34.1 Å². The maximum atomic E-state index is 12.3. The Morgan fingerprint density at radius 1 is 1.48 bits per heavy atom. The minimum atomic E-state index is -0.0927. The Hall–Kier alpha value is -1.81. The Balaban J connectivity index is 1.64. The van der Waals surface area contributed by atoms with Gasteiger partial charge in [0.25, 0.3) is 0 Å². The molecule has 0 spiro atoms. The van der Waals surface area contributed by atoms with Crippen molar-refractivity contribution in [2.45, 2.75) is 16.6 Å². The number of anilines is 1. The SMILES string of the molecule is NCC#Cc1cnc(NC(=O)C2Cc3ccccc3S2)s1. The van der Waals surface area contributed by atoms with E-state index in [-0.39, 0.29) is 11.2 Å². The number of nitrogens with two attached hydrogens (primary N) is 1. The molecule has 1 atom stereocenters. The van der Waals surface area contributed by atoms with E-state index >= 15 is 0 Å². The highest BCUT2D eigenvalue weighted by atomic mass is 32.2. The highest BCUT2D eigenvalue weighted by molar-refractivity contribution is 8.01. The first-order valence-electron chi connectivity index (χ1n) is 6.46. The lowest BCUT2D eigenvalue weighted by molar-refractivity contribution is -0.115. The topological polar surface area (TPSA) is 68.0 Å². The third kappa shape index (κ3) is 3.27. The van der Waals surface area contributed by atoms with E-state index in [1.807, 2.05) is 12.1 Å². The molecule has 1 amide bonds. The van der Waals surface area contributed by atoms with E-state index in [2.05, 4.69) is 34.3 Å². The van der Waals surface area contributed by atoms with E-state index in [9.17, 15) is 4.79 Å². The van der Waals surface area contributed by atoms with Gasteiger partial charge in [0.15, 0.2) is 5.13 Å². The number of benzene rings is 1. The van der Waals surface area contributed by atoms with Gasteiger partial charge in [-0.15, -0.1) is 11.8 Å². The van der Waals surface area contributed by atoms with E-state index in [1.165, 1.54) is 21.8 Å². The monoisotopic (exact) mass is 315 g/mol. The zero-order valence-electron chi connectivity index (χ0n) is 11.1. The van der Waals surface area contributed by atoms with Crippen molar-refractivity contribution in [3.05, 3.63) is 40.9 Å². The lowest BCUT2D eigenvalue weighted by atomic mass is 10.1. The third-order valence-electron chi connectivity index (χ3n) is 2.99. The molecule has 3 N–H and O–H groups in total. The van der Waals surface area contributed by atoms with Crippen molar-refractivity contribution in [2.75, 3.05) is 11.9 Å². The zero-order valence-corrected chi connectivity index (χ0v) is 12.8. The van der Waals surface area contributed by atoms with Gasteiger partial charge in [-0.25, -0.2) is 4.98 Å². The molecule has 3 rings (SSSR count). The molecule has 1 aromatic carbocycles. The van der Waals surface area contributed by atoms with Crippen LogP contribution in [0.3, 0.4) is 0 Å². The molecule has 1 aliphatic heterocycles. The van der Waals surface area contributed by atoms with Gasteiger partial charge < -0.3 is 11.1 Å². The molecule has 0 fully saturated rings. The number of aromatic nitrogens is 1. The standard InChI is InChI=1S/C15H13N3OS2/c16-7-3-5-11-9-17-15(20-11)18-14(19)13-8-10-4-1-2-6-12(10)21-13/h1-2,4,6,9,13H,7-8,16H2,(H,17,18,19). The van der Waals surface area contributed by atoms with Crippen LogP contribution in [0.25, 0.3) is 0 Å². The fourth-order valence-corrected chi connectivity index (χ4v) is 3.93. The fraction of sp³-hybridized carbons (Fsp3) is 0.200. The van der Waals surface area contributed by atoms with Crippen LogP contribution in [0.15, 0.2) is 35.4 Å². The van der Waals surface area contributed by atoms with Crippen molar-refractivity contribution in [3.63, 3.8) is 0 Å². The summed E-state index contributed by atoms with van der Waals surface area (Å²) >= 11 is 2.97. The summed E-state index contributed by atoms with van der Waals surface area (Å²) in [7, 11) is 0. The fourth-order valence-electron chi connectivity index (χ4n) is 2.04. The second-order valence-corrected chi connectivity index (χ2v) is 6.72. The second kappa shape index (κ2) is 6.31. The molecular weight excluding hydrogens is 302 g/mol. The summed E-state index contributed by atoms with van der Waals surface area (Å²) in [6.07, 6.45) is 2.41. The second-order valence-electron chi connectivity index (χ2n) is 4.44. The van der Waals surface area contributed by atoms with Gasteiger partial charge in [-0.2, -0.15) is 0 Å². The number of carbonyl (C=O) groups excluding carboxylic acids is 1. The molecule has 21 heavy (non-hydrogen) atoms.